The van der Waals surface area contributed by atoms with Crippen molar-refractivity contribution in [3.05, 3.63) is 35.4 Å². The Morgan fingerprint density at radius 2 is 2.00 bits per heavy atom. The Kier molecular flexibility index (Phi) is 6.23. The molecule has 0 aliphatic heterocycles. The average Bonchev–Trinajstić information content (AvgIpc) is 2.31. The van der Waals surface area contributed by atoms with Crippen molar-refractivity contribution in [2.24, 2.45) is 0 Å². The van der Waals surface area contributed by atoms with E-state index < -0.39 is 0 Å². The van der Waals surface area contributed by atoms with Crippen LogP contribution in [0, 0.1) is 6.92 Å². The lowest BCUT2D eigenvalue weighted by molar-refractivity contribution is 0.311. The highest BCUT2D eigenvalue weighted by Crippen LogP contribution is 2.06. The van der Waals surface area contributed by atoms with Crippen molar-refractivity contribution < 1.29 is 0 Å². The summed E-state index contributed by atoms with van der Waals surface area (Å²) in [5.74, 6) is 0. The highest BCUT2D eigenvalue weighted by molar-refractivity contribution is 5.25. The molecule has 0 aliphatic rings. The summed E-state index contributed by atoms with van der Waals surface area (Å²) in [7, 11) is 2.17. The van der Waals surface area contributed by atoms with Crippen molar-refractivity contribution >= 4 is 0 Å². The molecular weight excluding hydrogens is 208 g/mol. The maximum atomic E-state index is 3.58. The minimum Gasteiger partial charge on any atom is -0.313 e. The SMILES string of the molecule is CCN(C)CC(C)NCCc1ccccc1C. The summed E-state index contributed by atoms with van der Waals surface area (Å²) in [4.78, 5) is 2.34. The fraction of sp³-hybridized carbons (Fsp3) is 0.600. The van der Waals surface area contributed by atoms with Gasteiger partial charge in [0.25, 0.3) is 0 Å². The van der Waals surface area contributed by atoms with Gasteiger partial charge in [0.2, 0.25) is 0 Å². The number of hydrogen-bond donors (Lipinski definition) is 1. The van der Waals surface area contributed by atoms with Crippen LogP contribution in [0.4, 0.5) is 0 Å². The number of hydrogen-bond acceptors (Lipinski definition) is 2. The molecule has 0 saturated heterocycles. The van der Waals surface area contributed by atoms with Crippen LogP contribution in [0.15, 0.2) is 24.3 Å². The van der Waals surface area contributed by atoms with Crippen molar-refractivity contribution in [3.63, 3.8) is 0 Å². The number of aryl methyl sites for hydroxylation is 1. The minimum absolute atomic E-state index is 0.559. The van der Waals surface area contributed by atoms with Crippen LogP contribution in [0.2, 0.25) is 0 Å². The summed E-state index contributed by atoms with van der Waals surface area (Å²) >= 11 is 0. The average molecular weight is 234 g/mol. The number of benzene rings is 1. The van der Waals surface area contributed by atoms with Crippen molar-refractivity contribution in [1.29, 1.82) is 0 Å². The van der Waals surface area contributed by atoms with Gasteiger partial charge < -0.3 is 10.2 Å². The first-order valence-electron chi connectivity index (χ1n) is 6.60. The lowest BCUT2D eigenvalue weighted by Crippen LogP contribution is -2.38. The third-order valence-corrected chi connectivity index (χ3v) is 3.27. The largest absolute Gasteiger partial charge is 0.313 e. The van der Waals surface area contributed by atoms with E-state index in [9.17, 15) is 0 Å². The molecule has 0 fully saturated rings. The zero-order valence-corrected chi connectivity index (χ0v) is 11.7. The molecular formula is C15H26N2. The van der Waals surface area contributed by atoms with Gasteiger partial charge in [-0.3, -0.25) is 0 Å². The maximum Gasteiger partial charge on any atom is 0.0166 e. The smallest absolute Gasteiger partial charge is 0.0166 e. The number of nitrogens with one attached hydrogen (secondary N) is 1. The first kappa shape index (κ1) is 14.2. The lowest BCUT2D eigenvalue weighted by Gasteiger charge is -2.20. The summed E-state index contributed by atoms with van der Waals surface area (Å²) in [5, 5.41) is 3.58. The van der Waals surface area contributed by atoms with E-state index in [0.29, 0.717) is 6.04 Å². The molecule has 17 heavy (non-hydrogen) atoms. The molecule has 0 amide bonds. The van der Waals surface area contributed by atoms with Crippen LogP contribution in [0.5, 0.6) is 0 Å². The van der Waals surface area contributed by atoms with Crippen LogP contribution in [-0.4, -0.2) is 37.6 Å². The van der Waals surface area contributed by atoms with Gasteiger partial charge in [0.15, 0.2) is 0 Å². The van der Waals surface area contributed by atoms with Crippen molar-refractivity contribution in [2.45, 2.75) is 33.2 Å². The molecule has 1 rings (SSSR count). The van der Waals surface area contributed by atoms with Gasteiger partial charge >= 0.3 is 0 Å². The van der Waals surface area contributed by atoms with Gasteiger partial charge in [-0.2, -0.15) is 0 Å². The molecule has 96 valence electrons. The van der Waals surface area contributed by atoms with E-state index in [1.165, 1.54) is 11.1 Å². The fourth-order valence-corrected chi connectivity index (χ4v) is 2.00. The molecule has 1 atom stereocenters. The van der Waals surface area contributed by atoms with E-state index >= 15 is 0 Å². The molecule has 0 aromatic heterocycles. The molecule has 0 aliphatic carbocycles. The molecule has 0 heterocycles. The van der Waals surface area contributed by atoms with Gasteiger partial charge in [0.05, 0.1) is 0 Å². The van der Waals surface area contributed by atoms with Gasteiger partial charge in [0, 0.05) is 12.6 Å². The monoisotopic (exact) mass is 234 g/mol. The van der Waals surface area contributed by atoms with E-state index in [1.54, 1.807) is 0 Å². The zero-order chi connectivity index (χ0) is 12.7. The quantitative estimate of drug-likeness (QED) is 0.779. The summed E-state index contributed by atoms with van der Waals surface area (Å²) < 4.78 is 0. The molecule has 0 saturated carbocycles. The van der Waals surface area contributed by atoms with E-state index in [1.807, 2.05) is 0 Å². The number of nitrogens with zero attached hydrogens (tertiary/aromatic N) is 1. The Labute approximate surface area is 106 Å². The Hall–Kier alpha value is -0.860. The van der Waals surface area contributed by atoms with Crippen molar-refractivity contribution in [2.75, 3.05) is 26.7 Å². The third-order valence-electron chi connectivity index (χ3n) is 3.27. The molecule has 0 radical (unpaired) electrons. The molecule has 1 unspecified atom stereocenters. The summed E-state index contributed by atoms with van der Waals surface area (Å²) in [6.45, 7) is 9.92. The van der Waals surface area contributed by atoms with E-state index in [4.69, 9.17) is 0 Å². The molecule has 2 nitrogen and oxygen atoms in total. The van der Waals surface area contributed by atoms with Crippen LogP contribution in [0.25, 0.3) is 0 Å². The molecule has 0 bridgehead atoms. The van der Waals surface area contributed by atoms with E-state index in [-0.39, 0.29) is 0 Å². The van der Waals surface area contributed by atoms with Crippen LogP contribution in [-0.2, 0) is 6.42 Å². The molecule has 1 aromatic rings. The van der Waals surface area contributed by atoms with Crippen LogP contribution in [0.3, 0.4) is 0 Å². The summed E-state index contributed by atoms with van der Waals surface area (Å²) in [6.07, 6.45) is 1.12. The van der Waals surface area contributed by atoms with E-state index in [0.717, 1.165) is 26.1 Å². The Morgan fingerprint density at radius 1 is 1.29 bits per heavy atom. The van der Waals surface area contributed by atoms with E-state index in [2.05, 4.69) is 62.3 Å². The summed E-state index contributed by atoms with van der Waals surface area (Å²) in [5.41, 5.74) is 2.85. The first-order chi connectivity index (χ1) is 8.13. The molecule has 1 N–H and O–H groups in total. The van der Waals surface area contributed by atoms with Crippen molar-refractivity contribution in [3.8, 4) is 0 Å². The maximum absolute atomic E-state index is 3.58. The molecule has 1 aromatic carbocycles. The van der Waals surface area contributed by atoms with Gasteiger partial charge in [-0.15, -0.1) is 0 Å². The Bertz CT molecular complexity index is 322. The molecule has 0 spiro atoms. The first-order valence-corrected chi connectivity index (χ1v) is 6.60. The van der Waals surface area contributed by atoms with Crippen LogP contribution in [0.1, 0.15) is 25.0 Å². The number of likely N-dealkylation sites (N-methyl/N-ethyl adjacent to an activating group) is 1. The second-order valence-corrected chi connectivity index (χ2v) is 4.89. The zero-order valence-electron chi connectivity index (χ0n) is 11.7. The Morgan fingerprint density at radius 3 is 2.65 bits per heavy atom. The van der Waals surface area contributed by atoms with Crippen molar-refractivity contribution in [1.82, 2.24) is 10.2 Å². The van der Waals surface area contributed by atoms with Crippen LogP contribution < -0.4 is 5.32 Å². The third kappa shape index (κ3) is 5.33. The highest BCUT2D eigenvalue weighted by atomic mass is 15.1. The predicted octanol–water partition coefficient (Wildman–Crippen LogP) is 2.47. The van der Waals surface area contributed by atoms with Crippen LogP contribution >= 0.6 is 0 Å². The Balaban J connectivity index is 2.26. The standard InChI is InChI=1S/C15H26N2/c1-5-17(4)12-14(3)16-11-10-15-9-7-6-8-13(15)2/h6-9,14,16H,5,10-12H2,1-4H3. The highest BCUT2D eigenvalue weighted by Gasteiger charge is 2.04. The minimum atomic E-state index is 0.559. The van der Waals surface area contributed by atoms with Gasteiger partial charge in [0.1, 0.15) is 0 Å². The molecule has 2 heteroatoms. The normalized spacial score (nSPS) is 13.0. The van der Waals surface area contributed by atoms with Gasteiger partial charge in [-0.25, -0.2) is 0 Å². The van der Waals surface area contributed by atoms with Gasteiger partial charge in [-0.05, 0) is 51.5 Å². The predicted molar refractivity (Wildman–Crippen MR) is 75.5 cm³/mol. The second-order valence-electron chi connectivity index (χ2n) is 4.89. The fourth-order valence-electron chi connectivity index (χ4n) is 2.00. The number of rotatable bonds is 7. The second kappa shape index (κ2) is 7.46. The lowest BCUT2D eigenvalue weighted by atomic mass is 10.1. The summed E-state index contributed by atoms with van der Waals surface area (Å²) in [6, 6.07) is 9.19. The van der Waals surface area contributed by atoms with Gasteiger partial charge in [-0.1, -0.05) is 31.2 Å². The topological polar surface area (TPSA) is 15.3 Å².